The third kappa shape index (κ3) is 3.49. The Morgan fingerprint density at radius 1 is 1.00 bits per heavy atom. The number of para-hydroxylation sites is 1. The summed E-state index contributed by atoms with van der Waals surface area (Å²) in [7, 11) is 3.13. The zero-order valence-corrected chi connectivity index (χ0v) is 14.3. The molecule has 1 amide bonds. The maximum Gasteiger partial charge on any atom is 0.351 e. The van der Waals surface area contributed by atoms with Gasteiger partial charge in [-0.05, 0) is 12.1 Å². The molecule has 0 bridgehead atoms. The second-order valence-corrected chi connectivity index (χ2v) is 5.91. The number of hydrogen-bond donors (Lipinski definition) is 0. The summed E-state index contributed by atoms with van der Waals surface area (Å²) >= 11 is 0. The minimum Gasteiger partial charge on any atom is -0.443 e. The molecule has 6 nitrogen and oxygen atoms in total. The van der Waals surface area contributed by atoms with Gasteiger partial charge in [-0.25, -0.2) is 9.59 Å². The lowest BCUT2D eigenvalue weighted by molar-refractivity contribution is -0.138. The van der Waals surface area contributed by atoms with Gasteiger partial charge in [0.15, 0.2) is 0 Å². The Kier molecular flexibility index (Phi) is 4.84. The first kappa shape index (κ1) is 17.4. The standard InChI is InChI=1S/C20H17NO5/c1-21(2)18(22)17(13-8-4-3-5-9-13)26-20(24)15-12-14-10-6-7-11-16(14)25-19(15)23/h3-12,17H,1-2H3/t17-/m0/s1. The average Bonchev–Trinajstić information content (AvgIpc) is 2.65. The lowest BCUT2D eigenvalue weighted by atomic mass is 10.1. The van der Waals surface area contributed by atoms with Gasteiger partial charge in [0.05, 0.1) is 0 Å². The number of fused-ring (bicyclic) bond motifs is 1. The molecule has 0 radical (unpaired) electrons. The number of carbonyl (C=O) groups is 2. The van der Waals surface area contributed by atoms with E-state index in [1.807, 2.05) is 0 Å². The second kappa shape index (κ2) is 7.23. The molecule has 3 aromatic rings. The van der Waals surface area contributed by atoms with Gasteiger partial charge in [-0.1, -0.05) is 48.5 Å². The molecule has 1 atom stereocenters. The Morgan fingerprint density at radius 3 is 2.35 bits per heavy atom. The maximum atomic E-state index is 12.6. The molecule has 0 saturated carbocycles. The molecule has 0 aliphatic heterocycles. The highest BCUT2D eigenvalue weighted by molar-refractivity contribution is 5.95. The highest BCUT2D eigenvalue weighted by Gasteiger charge is 2.28. The summed E-state index contributed by atoms with van der Waals surface area (Å²) in [5.41, 5.74) is -0.170. The molecular formula is C20H17NO5. The molecule has 26 heavy (non-hydrogen) atoms. The molecule has 0 fully saturated rings. The number of amides is 1. The van der Waals surface area contributed by atoms with Crippen molar-refractivity contribution in [1.29, 1.82) is 0 Å². The first-order valence-corrected chi connectivity index (χ1v) is 7.97. The van der Waals surface area contributed by atoms with Crippen LogP contribution in [0, 0.1) is 0 Å². The van der Waals surface area contributed by atoms with Gasteiger partial charge in [0, 0.05) is 25.0 Å². The molecule has 0 spiro atoms. The molecule has 2 aromatic carbocycles. The van der Waals surface area contributed by atoms with E-state index in [-0.39, 0.29) is 5.56 Å². The van der Waals surface area contributed by atoms with Crippen LogP contribution in [0.3, 0.4) is 0 Å². The van der Waals surface area contributed by atoms with Gasteiger partial charge in [0.25, 0.3) is 5.91 Å². The second-order valence-electron chi connectivity index (χ2n) is 5.91. The molecule has 132 valence electrons. The zero-order chi connectivity index (χ0) is 18.7. The minimum absolute atomic E-state index is 0.254. The quantitative estimate of drug-likeness (QED) is 0.534. The van der Waals surface area contributed by atoms with Crippen LogP contribution in [0.5, 0.6) is 0 Å². The van der Waals surface area contributed by atoms with Crippen LogP contribution in [0.25, 0.3) is 11.0 Å². The van der Waals surface area contributed by atoms with Crippen LogP contribution < -0.4 is 5.63 Å². The predicted octanol–water partition coefficient (Wildman–Crippen LogP) is 2.78. The number of hydrogen-bond acceptors (Lipinski definition) is 5. The molecule has 0 N–H and O–H groups in total. The van der Waals surface area contributed by atoms with Crippen molar-refractivity contribution in [2.75, 3.05) is 14.1 Å². The molecule has 3 rings (SSSR count). The first-order valence-electron chi connectivity index (χ1n) is 7.97. The van der Waals surface area contributed by atoms with Crippen molar-refractivity contribution in [3.05, 3.63) is 82.2 Å². The summed E-state index contributed by atoms with van der Waals surface area (Å²) in [6.45, 7) is 0. The fourth-order valence-electron chi connectivity index (χ4n) is 2.50. The van der Waals surface area contributed by atoms with Gasteiger partial charge < -0.3 is 14.1 Å². The summed E-state index contributed by atoms with van der Waals surface area (Å²) < 4.78 is 10.5. The maximum absolute atomic E-state index is 12.6. The lowest BCUT2D eigenvalue weighted by Gasteiger charge is -2.21. The smallest absolute Gasteiger partial charge is 0.351 e. The summed E-state index contributed by atoms with van der Waals surface area (Å²) in [4.78, 5) is 38.5. The summed E-state index contributed by atoms with van der Waals surface area (Å²) in [6, 6.07) is 16.9. The predicted molar refractivity (Wildman–Crippen MR) is 95.8 cm³/mol. The van der Waals surface area contributed by atoms with Crippen LogP contribution in [0.15, 0.2) is 69.9 Å². The largest absolute Gasteiger partial charge is 0.443 e. The van der Waals surface area contributed by atoms with Crippen molar-refractivity contribution in [1.82, 2.24) is 4.90 Å². The van der Waals surface area contributed by atoms with Gasteiger partial charge in [0.1, 0.15) is 11.1 Å². The molecule has 0 saturated heterocycles. The highest BCUT2D eigenvalue weighted by atomic mass is 16.5. The van der Waals surface area contributed by atoms with E-state index >= 15 is 0 Å². The average molecular weight is 351 g/mol. The van der Waals surface area contributed by atoms with E-state index in [9.17, 15) is 14.4 Å². The molecule has 0 aliphatic carbocycles. The number of nitrogens with zero attached hydrogens (tertiary/aromatic N) is 1. The van der Waals surface area contributed by atoms with Crippen molar-refractivity contribution < 1.29 is 18.7 Å². The third-order valence-corrected chi connectivity index (χ3v) is 3.85. The SMILES string of the molecule is CN(C)C(=O)[C@@H](OC(=O)c1cc2ccccc2oc1=O)c1ccccc1. The highest BCUT2D eigenvalue weighted by Crippen LogP contribution is 2.21. The van der Waals surface area contributed by atoms with E-state index in [1.165, 1.54) is 11.0 Å². The van der Waals surface area contributed by atoms with E-state index in [0.29, 0.717) is 16.5 Å². The van der Waals surface area contributed by atoms with Crippen molar-refractivity contribution in [3.8, 4) is 0 Å². The van der Waals surface area contributed by atoms with Gasteiger partial charge in [-0.2, -0.15) is 0 Å². The van der Waals surface area contributed by atoms with Crippen molar-refractivity contribution in [3.63, 3.8) is 0 Å². The van der Waals surface area contributed by atoms with Crippen molar-refractivity contribution >= 4 is 22.8 Å². The summed E-state index contributed by atoms with van der Waals surface area (Å²) in [6.07, 6.45) is -1.15. The fraction of sp³-hybridized carbons (Fsp3) is 0.150. The monoisotopic (exact) mass is 351 g/mol. The van der Waals surface area contributed by atoms with Gasteiger partial charge in [-0.3, -0.25) is 4.79 Å². The van der Waals surface area contributed by atoms with Gasteiger partial charge in [0.2, 0.25) is 6.10 Å². The molecule has 1 heterocycles. The van der Waals surface area contributed by atoms with Crippen LogP contribution in [0.1, 0.15) is 22.0 Å². The summed E-state index contributed by atoms with van der Waals surface area (Å²) in [5.74, 6) is -1.32. The summed E-state index contributed by atoms with van der Waals surface area (Å²) in [5, 5.41) is 0.592. The number of rotatable bonds is 4. The topological polar surface area (TPSA) is 76.8 Å². The molecule has 0 aliphatic rings. The van der Waals surface area contributed by atoms with Gasteiger partial charge >= 0.3 is 11.6 Å². The number of ether oxygens (including phenoxy) is 1. The van der Waals surface area contributed by atoms with Crippen LogP contribution >= 0.6 is 0 Å². The van der Waals surface area contributed by atoms with E-state index in [1.54, 1.807) is 68.7 Å². The lowest BCUT2D eigenvalue weighted by Crippen LogP contribution is -2.32. The Morgan fingerprint density at radius 2 is 1.65 bits per heavy atom. The van der Waals surface area contributed by atoms with E-state index in [2.05, 4.69) is 0 Å². The number of carbonyl (C=O) groups excluding carboxylic acids is 2. The molecule has 0 unspecified atom stereocenters. The Balaban J connectivity index is 1.97. The van der Waals surface area contributed by atoms with Crippen LogP contribution in [-0.4, -0.2) is 30.9 Å². The fourth-order valence-corrected chi connectivity index (χ4v) is 2.50. The molecule has 6 heteroatoms. The first-order chi connectivity index (χ1) is 12.5. The van der Waals surface area contributed by atoms with Crippen LogP contribution in [-0.2, 0) is 9.53 Å². The van der Waals surface area contributed by atoms with E-state index in [4.69, 9.17) is 9.15 Å². The van der Waals surface area contributed by atoms with E-state index < -0.39 is 23.6 Å². The Labute approximate surface area is 149 Å². The third-order valence-electron chi connectivity index (χ3n) is 3.85. The minimum atomic E-state index is -1.15. The van der Waals surface area contributed by atoms with Gasteiger partial charge in [-0.15, -0.1) is 0 Å². The molecule has 1 aromatic heterocycles. The van der Waals surface area contributed by atoms with Crippen LogP contribution in [0.2, 0.25) is 0 Å². The number of likely N-dealkylation sites (N-methyl/N-ethyl adjacent to an activating group) is 1. The van der Waals surface area contributed by atoms with E-state index in [0.717, 1.165) is 0 Å². The van der Waals surface area contributed by atoms with Crippen molar-refractivity contribution in [2.24, 2.45) is 0 Å². The zero-order valence-electron chi connectivity index (χ0n) is 14.3. The number of esters is 1. The Hall–Kier alpha value is -3.41. The Bertz CT molecular complexity index is 1010. The number of benzene rings is 2. The van der Waals surface area contributed by atoms with Crippen molar-refractivity contribution in [2.45, 2.75) is 6.10 Å². The molecular weight excluding hydrogens is 334 g/mol. The normalized spacial score (nSPS) is 11.8. The van der Waals surface area contributed by atoms with Crippen LogP contribution in [0.4, 0.5) is 0 Å².